The molecule has 8 rings (SSSR count). The number of nitrogens with zero attached hydrogens (tertiary/aromatic N) is 4. The lowest BCUT2D eigenvalue weighted by Gasteiger charge is -2.57. The van der Waals surface area contributed by atoms with Gasteiger partial charge in [-0.15, -0.1) is 0 Å². The second kappa shape index (κ2) is 8.15. The summed E-state index contributed by atoms with van der Waals surface area (Å²) in [4.78, 5) is 23.5. The van der Waals surface area contributed by atoms with Gasteiger partial charge in [0.2, 0.25) is 0 Å². The number of nitrogens with two attached hydrogens (primary N) is 1. The van der Waals surface area contributed by atoms with E-state index in [1.165, 1.54) is 38.5 Å². The fourth-order valence-corrected chi connectivity index (χ4v) is 8.54. The predicted octanol–water partition coefficient (Wildman–Crippen LogP) is 3.94. The third kappa shape index (κ3) is 3.54. The minimum Gasteiger partial charge on any atom is -0.328 e. The number of fused-ring (bicyclic) bond motifs is 2. The fraction of sp³-hybridized carbons (Fsp3) is 0.586. The summed E-state index contributed by atoms with van der Waals surface area (Å²) in [6.07, 6.45) is 13.6. The molecule has 9 heteroatoms. The number of aromatic nitrogens is 6. The van der Waals surface area contributed by atoms with Crippen LogP contribution in [0.4, 0.5) is 0 Å². The molecule has 38 heavy (non-hydrogen) atoms. The monoisotopic (exact) mass is 515 g/mol. The molecule has 0 amide bonds. The van der Waals surface area contributed by atoms with Gasteiger partial charge in [0.1, 0.15) is 0 Å². The molecule has 0 atom stereocenters. The van der Waals surface area contributed by atoms with E-state index in [1.807, 2.05) is 31.5 Å². The largest absolute Gasteiger partial charge is 0.346 e. The number of nitrogens with one attached hydrogen (secondary N) is 2. The molecule has 9 nitrogen and oxygen atoms in total. The van der Waals surface area contributed by atoms with Crippen LogP contribution in [0.2, 0.25) is 0 Å². The molecule has 4 heterocycles. The maximum absolute atomic E-state index is 11.8. The first kappa shape index (κ1) is 23.9. The standard InChI is InChI=1S/C15H19N3O.C14H18N4O/c1-9-5-15(6-9)7-11(8-15)12-13-10(2)3-4-18(13)14(19)17-16-12;1-8-2-3-18-12(8)11(16-17-13(18)19)9-4-14(5-9)6-10(15)7-14/h3-4,9,11H,5-8H2,1-2H3,(H,17,19);2-3,9-10H,4-7,15H2,1H3,(H,17,19). The smallest absolute Gasteiger partial charge is 0.328 e. The van der Waals surface area contributed by atoms with Crippen molar-refractivity contribution >= 4 is 11.0 Å². The second-order valence-electron chi connectivity index (χ2n) is 13.2. The molecular formula is C29H37N7O2. The molecule has 0 unspecified atom stereocenters. The molecule has 4 aromatic heterocycles. The summed E-state index contributed by atoms with van der Waals surface area (Å²) >= 11 is 0. The quantitative estimate of drug-likeness (QED) is 0.373. The van der Waals surface area contributed by atoms with Gasteiger partial charge in [-0.25, -0.2) is 19.8 Å². The first-order valence-corrected chi connectivity index (χ1v) is 14.0. The van der Waals surface area contributed by atoms with E-state index in [9.17, 15) is 9.59 Å². The van der Waals surface area contributed by atoms with E-state index < -0.39 is 0 Å². The lowest BCUT2D eigenvalue weighted by atomic mass is 9.48. The van der Waals surface area contributed by atoms with Crippen LogP contribution in [0, 0.1) is 30.6 Å². The summed E-state index contributed by atoms with van der Waals surface area (Å²) in [7, 11) is 0. The van der Waals surface area contributed by atoms with Crippen molar-refractivity contribution in [2.24, 2.45) is 22.5 Å². The van der Waals surface area contributed by atoms with E-state index in [1.54, 1.807) is 8.80 Å². The first-order valence-electron chi connectivity index (χ1n) is 14.0. The summed E-state index contributed by atoms with van der Waals surface area (Å²) < 4.78 is 3.38. The lowest BCUT2D eigenvalue weighted by Crippen LogP contribution is -2.52. The summed E-state index contributed by atoms with van der Waals surface area (Å²) in [6.45, 7) is 6.43. The number of hydrogen-bond acceptors (Lipinski definition) is 5. The Morgan fingerprint density at radius 1 is 0.763 bits per heavy atom. The Bertz CT molecular complexity index is 1520. The zero-order valence-corrected chi connectivity index (χ0v) is 22.5. The van der Waals surface area contributed by atoms with Crippen LogP contribution in [-0.4, -0.2) is 35.2 Å². The van der Waals surface area contributed by atoms with Crippen molar-refractivity contribution in [1.29, 1.82) is 0 Å². The topological polar surface area (TPSA) is 126 Å². The van der Waals surface area contributed by atoms with Crippen LogP contribution in [0.5, 0.6) is 0 Å². The van der Waals surface area contributed by atoms with Gasteiger partial charge in [-0.2, -0.15) is 10.2 Å². The van der Waals surface area contributed by atoms with Gasteiger partial charge in [-0.1, -0.05) is 6.92 Å². The second-order valence-corrected chi connectivity index (χ2v) is 13.2. The van der Waals surface area contributed by atoms with E-state index in [2.05, 4.69) is 34.2 Å². The molecule has 0 aliphatic heterocycles. The lowest BCUT2D eigenvalue weighted by molar-refractivity contribution is -0.0351. The van der Waals surface area contributed by atoms with Crippen molar-refractivity contribution in [1.82, 2.24) is 29.2 Å². The van der Waals surface area contributed by atoms with Crippen molar-refractivity contribution in [2.75, 3.05) is 0 Å². The van der Waals surface area contributed by atoms with E-state index in [-0.39, 0.29) is 11.4 Å². The Balaban J connectivity index is 0.000000127. The summed E-state index contributed by atoms with van der Waals surface area (Å²) in [6, 6.07) is 4.37. The van der Waals surface area contributed by atoms with Gasteiger partial charge in [-0.3, -0.25) is 8.80 Å². The number of aryl methyl sites for hydroxylation is 2. The average molecular weight is 516 g/mol. The van der Waals surface area contributed by atoms with Gasteiger partial charge in [0.15, 0.2) is 0 Å². The van der Waals surface area contributed by atoms with Crippen molar-refractivity contribution < 1.29 is 0 Å². The zero-order valence-electron chi connectivity index (χ0n) is 22.5. The zero-order chi connectivity index (χ0) is 26.4. The maximum Gasteiger partial charge on any atom is 0.346 e. The molecule has 4 aliphatic carbocycles. The molecule has 0 aromatic carbocycles. The fourth-order valence-electron chi connectivity index (χ4n) is 8.54. The molecule has 0 saturated heterocycles. The van der Waals surface area contributed by atoms with Crippen LogP contribution < -0.4 is 17.1 Å². The van der Waals surface area contributed by atoms with Crippen LogP contribution in [-0.2, 0) is 0 Å². The molecule has 4 aromatic rings. The van der Waals surface area contributed by atoms with Crippen molar-refractivity contribution in [3.8, 4) is 0 Å². The van der Waals surface area contributed by atoms with Crippen LogP contribution >= 0.6 is 0 Å². The van der Waals surface area contributed by atoms with Crippen molar-refractivity contribution in [3.05, 3.63) is 68.0 Å². The van der Waals surface area contributed by atoms with Gasteiger partial charge in [0, 0.05) is 30.3 Å². The average Bonchev–Trinajstić information content (AvgIpc) is 3.38. The maximum atomic E-state index is 11.8. The highest BCUT2D eigenvalue weighted by molar-refractivity contribution is 5.61. The summed E-state index contributed by atoms with van der Waals surface area (Å²) in [5, 5.41) is 13.9. The Morgan fingerprint density at radius 2 is 1.18 bits per heavy atom. The highest BCUT2D eigenvalue weighted by Crippen LogP contribution is 2.64. The molecule has 200 valence electrons. The Kier molecular flexibility index (Phi) is 5.12. The van der Waals surface area contributed by atoms with Gasteiger partial charge < -0.3 is 5.73 Å². The van der Waals surface area contributed by atoms with Crippen LogP contribution in [0.25, 0.3) is 11.0 Å². The van der Waals surface area contributed by atoms with Crippen LogP contribution in [0.3, 0.4) is 0 Å². The van der Waals surface area contributed by atoms with Crippen LogP contribution in [0.1, 0.15) is 92.6 Å². The highest BCUT2D eigenvalue weighted by Gasteiger charge is 2.53. The molecule has 0 bridgehead atoms. The summed E-state index contributed by atoms with van der Waals surface area (Å²) in [5.74, 6) is 1.90. The van der Waals surface area contributed by atoms with E-state index in [0.717, 1.165) is 52.3 Å². The minimum atomic E-state index is -0.161. The van der Waals surface area contributed by atoms with Gasteiger partial charge >= 0.3 is 11.4 Å². The molecule has 4 fully saturated rings. The number of aromatic amines is 2. The van der Waals surface area contributed by atoms with E-state index in [4.69, 9.17) is 5.73 Å². The first-order chi connectivity index (χ1) is 18.2. The molecule has 4 aliphatic rings. The van der Waals surface area contributed by atoms with E-state index >= 15 is 0 Å². The Labute approximate surface area is 220 Å². The van der Waals surface area contributed by atoms with E-state index in [0.29, 0.717) is 28.7 Å². The molecule has 2 spiro atoms. The molecule has 0 radical (unpaired) electrons. The van der Waals surface area contributed by atoms with Crippen molar-refractivity contribution in [2.45, 2.75) is 90.0 Å². The van der Waals surface area contributed by atoms with Gasteiger partial charge in [0.05, 0.1) is 22.4 Å². The highest BCUT2D eigenvalue weighted by atomic mass is 16.1. The molecular weight excluding hydrogens is 478 g/mol. The number of H-pyrrole nitrogens is 2. The Hall–Kier alpha value is -3.20. The Morgan fingerprint density at radius 3 is 1.58 bits per heavy atom. The molecule has 4 saturated carbocycles. The predicted molar refractivity (Wildman–Crippen MR) is 146 cm³/mol. The van der Waals surface area contributed by atoms with Crippen LogP contribution in [0.15, 0.2) is 34.1 Å². The number of rotatable bonds is 2. The minimum absolute atomic E-state index is 0.141. The SMILES string of the molecule is Cc1ccn2c(=O)[nH]nc(C3CC4(CC(C)C4)C3)c12.Cc1ccn2c(=O)[nH]nc(C3CC4(CC(N)C4)C3)c12. The van der Waals surface area contributed by atoms with Crippen molar-refractivity contribution in [3.63, 3.8) is 0 Å². The summed E-state index contributed by atoms with van der Waals surface area (Å²) in [5.41, 5.74) is 13.1. The van der Waals surface area contributed by atoms with Gasteiger partial charge in [-0.05, 0) is 105 Å². The number of hydrogen-bond donors (Lipinski definition) is 3. The normalized spacial score (nSPS) is 33.4. The van der Waals surface area contributed by atoms with Gasteiger partial charge in [0.25, 0.3) is 0 Å². The third-order valence-corrected chi connectivity index (χ3v) is 10.1. The third-order valence-electron chi connectivity index (χ3n) is 10.1. The molecule has 4 N–H and O–H groups in total.